The number of hydrogen-bond acceptors (Lipinski definition) is 6. The fourth-order valence-electron chi connectivity index (χ4n) is 3.32. The second-order valence-corrected chi connectivity index (χ2v) is 6.51. The standard InChI is InChI=1S/C17H18N4O5/c1-20-17(25)14-12(15(23)19-20)18-11-4-2-3-10(13(11)26-14)16(24)21-6-5-9(7-21)8-22/h2-4,9,18,22H,5-8H2,1H3,(H,19,23)/t9-/m0/s1. The molecule has 0 spiro atoms. The van der Waals surface area contributed by atoms with Gasteiger partial charge in [0.15, 0.2) is 11.4 Å². The summed E-state index contributed by atoms with van der Waals surface area (Å²) in [6, 6.07) is 4.98. The number of aliphatic hydroxyl groups excluding tert-OH is 1. The second kappa shape index (κ2) is 6.03. The number of carbonyl (C=O) groups excluding carboxylic acids is 1. The number of likely N-dealkylation sites (tertiary alicyclic amines) is 1. The first-order valence-corrected chi connectivity index (χ1v) is 8.31. The third-order valence-electron chi connectivity index (χ3n) is 4.76. The molecule has 9 nitrogen and oxygen atoms in total. The predicted octanol–water partition coefficient (Wildman–Crippen LogP) is 0.377. The van der Waals surface area contributed by atoms with Crippen molar-refractivity contribution in [3.63, 3.8) is 0 Å². The van der Waals surface area contributed by atoms with Crippen LogP contribution in [0.2, 0.25) is 0 Å². The Morgan fingerprint density at radius 2 is 2.15 bits per heavy atom. The Morgan fingerprint density at radius 1 is 1.35 bits per heavy atom. The van der Waals surface area contributed by atoms with E-state index < -0.39 is 11.1 Å². The highest BCUT2D eigenvalue weighted by Crippen LogP contribution is 2.41. The van der Waals surface area contributed by atoms with E-state index in [1.165, 1.54) is 7.05 Å². The topological polar surface area (TPSA) is 117 Å². The first-order chi connectivity index (χ1) is 12.5. The van der Waals surface area contributed by atoms with Crippen molar-refractivity contribution in [2.45, 2.75) is 6.42 Å². The average molecular weight is 358 g/mol. The van der Waals surface area contributed by atoms with E-state index in [-0.39, 0.29) is 35.6 Å². The van der Waals surface area contributed by atoms with Crippen LogP contribution in [0.4, 0.5) is 11.4 Å². The van der Waals surface area contributed by atoms with Crippen LogP contribution in [0.5, 0.6) is 11.5 Å². The van der Waals surface area contributed by atoms with Gasteiger partial charge in [-0.3, -0.25) is 24.2 Å². The van der Waals surface area contributed by atoms with Gasteiger partial charge in [0, 0.05) is 32.7 Å². The van der Waals surface area contributed by atoms with Gasteiger partial charge >= 0.3 is 5.56 Å². The number of nitrogens with zero attached hydrogens (tertiary/aromatic N) is 2. The highest BCUT2D eigenvalue weighted by atomic mass is 16.5. The van der Waals surface area contributed by atoms with Crippen molar-refractivity contribution in [2.24, 2.45) is 13.0 Å². The lowest BCUT2D eigenvalue weighted by Gasteiger charge is -2.24. The maximum Gasteiger partial charge on any atom is 0.310 e. The molecule has 3 heterocycles. The van der Waals surface area contributed by atoms with Crippen LogP contribution in [-0.2, 0) is 7.05 Å². The van der Waals surface area contributed by atoms with Crippen LogP contribution < -0.4 is 21.2 Å². The quantitative estimate of drug-likeness (QED) is 0.610. The van der Waals surface area contributed by atoms with Crippen molar-refractivity contribution in [2.75, 3.05) is 25.0 Å². The molecule has 3 N–H and O–H groups in total. The van der Waals surface area contributed by atoms with Gasteiger partial charge in [0.05, 0.1) is 11.3 Å². The van der Waals surface area contributed by atoms with E-state index in [1.807, 2.05) is 0 Å². The van der Waals surface area contributed by atoms with Crippen LogP contribution in [0.1, 0.15) is 16.8 Å². The molecule has 26 heavy (non-hydrogen) atoms. The van der Waals surface area contributed by atoms with Gasteiger partial charge < -0.3 is 20.1 Å². The minimum Gasteiger partial charge on any atom is -0.446 e. The van der Waals surface area contributed by atoms with E-state index in [0.717, 1.165) is 11.1 Å². The SMILES string of the molecule is Cn1[nH]c(=O)c2c(c1=O)Oc1c(cccc1C(=O)N1CC[C@H](CO)C1)N2. The maximum atomic E-state index is 12.9. The van der Waals surface area contributed by atoms with Gasteiger partial charge in [-0.2, -0.15) is 0 Å². The summed E-state index contributed by atoms with van der Waals surface area (Å²) in [5, 5.41) is 14.6. The number of ether oxygens (including phenoxy) is 1. The Hall–Kier alpha value is -3.07. The van der Waals surface area contributed by atoms with E-state index in [2.05, 4.69) is 10.4 Å². The third-order valence-corrected chi connectivity index (χ3v) is 4.76. The maximum absolute atomic E-state index is 12.9. The van der Waals surface area contributed by atoms with E-state index >= 15 is 0 Å². The predicted molar refractivity (Wildman–Crippen MR) is 93.2 cm³/mol. The van der Waals surface area contributed by atoms with Gasteiger partial charge in [-0.15, -0.1) is 0 Å². The van der Waals surface area contributed by atoms with Crippen molar-refractivity contribution in [3.05, 3.63) is 44.5 Å². The zero-order valence-electron chi connectivity index (χ0n) is 14.1. The first-order valence-electron chi connectivity index (χ1n) is 8.31. The van der Waals surface area contributed by atoms with Crippen molar-refractivity contribution >= 4 is 17.3 Å². The van der Waals surface area contributed by atoms with Gasteiger partial charge in [0.25, 0.3) is 11.5 Å². The van der Waals surface area contributed by atoms with Gasteiger partial charge in [0.2, 0.25) is 5.75 Å². The number of para-hydroxylation sites is 1. The Kier molecular flexibility index (Phi) is 3.80. The number of aromatic amines is 1. The summed E-state index contributed by atoms with van der Waals surface area (Å²) in [4.78, 5) is 38.9. The molecule has 1 saturated heterocycles. The second-order valence-electron chi connectivity index (χ2n) is 6.51. The van der Waals surface area contributed by atoms with Crippen LogP contribution in [0.3, 0.4) is 0 Å². The van der Waals surface area contributed by atoms with Crippen molar-refractivity contribution < 1.29 is 14.6 Å². The number of fused-ring (bicyclic) bond motifs is 2. The van der Waals surface area contributed by atoms with E-state index in [1.54, 1.807) is 23.1 Å². The molecule has 136 valence electrons. The summed E-state index contributed by atoms with van der Waals surface area (Å²) < 4.78 is 6.75. The summed E-state index contributed by atoms with van der Waals surface area (Å²) in [7, 11) is 1.42. The zero-order chi connectivity index (χ0) is 18.4. The first kappa shape index (κ1) is 16.4. The van der Waals surface area contributed by atoms with E-state index in [4.69, 9.17) is 4.74 Å². The third kappa shape index (κ3) is 2.48. The van der Waals surface area contributed by atoms with Crippen LogP contribution in [0.25, 0.3) is 0 Å². The molecule has 2 aliphatic rings. The lowest BCUT2D eigenvalue weighted by Crippen LogP contribution is -2.33. The average Bonchev–Trinajstić information content (AvgIpc) is 3.13. The summed E-state index contributed by atoms with van der Waals surface area (Å²) >= 11 is 0. The van der Waals surface area contributed by atoms with E-state index in [9.17, 15) is 19.5 Å². The molecule has 2 aromatic rings. The van der Waals surface area contributed by atoms with Crippen LogP contribution in [-0.4, -0.2) is 45.4 Å². The van der Waals surface area contributed by atoms with Gasteiger partial charge in [-0.05, 0) is 18.6 Å². The van der Waals surface area contributed by atoms with E-state index in [0.29, 0.717) is 24.3 Å². The summed E-state index contributed by atoms with van der Waals surface area (Å²) in [6.07, 6.45) is 0.745. The Balaban J connectivity index is 1.74. The van der Waals surface area contributed by atoms with Crippen molar-refractivity contribution in [1.29, 1.82) is 0 Å². The van der Waals surface area contributed by atoms with Crippen LogP contribution >= 0.6 is 0 Å². The molecule has 1 amide bonds. The minimum atomic E-state index is -0.512. The molecule has 1 fully saturated rings. The van der Waals surface area contributed by atoms with Gasteiger partial charge in [0.1, 0.15) is 0 Å². The molecule has 0 aliphatic carbocycles. The number of anilines is 2. The van der Waals surface area contributed by atoms with Crippen LogP contribution in [0.15, 0.2) is 27.8 Å². The summed E-state index contributed by atoms with van der Waals surface area (Å²) in [6.45, 7) is 1.07. The summed E-state index contributed by atoms with van der Waals surface area (Å²) in [5.74, 6) is -0.0763. The number of aliphatic hydroxyl groups is 1. The molecule has 2 aliphatic heterocycles. The fourth-order valence-corrected chi connectivity index (χ4v) is 3.32. The number of nitrogens with one attached hydrogen (secondary N) is 2. The molecule has 1 aromatic heterocycles. The normalized spacial score (nSPS) is 17.9. The Bertz CT molecular complexity index is 1010. The number of rotatable bonds is 2. The van der Waals surface area contributed by atoms with Crippen molar-refractivity contribution in [1.82, 2.24) is 14.7 Å². The Morgan fingerprint density at radius 3 is 2.88 bits per heavy atom. The minimum absolute atomic E-state index is 0.0201. The number of carbonyl (C=O) groups is 1. The lowest BCUT2D eigenvalue weighted by molar-refractivity contribution is 0.0779. The molecular weight excluding hydrogens is 340 g/mol. The number of amides is 1. The molecule has 0 bridgehead atoms. The number of H-pyrrole nitrogens is 1. The smallest absolute Gasteiger partial charge is 0.310 e. The molecular formula is C17H18N4O5. The number of hydrogen-bond donors (Lipinski definition) is 3. The molecule has 1 aromatic carbocycles. The fraction of sp³-hybridized carbons (Fsp3) is 0.353. The van der Waals surface area contributed by atoms with Crippen LogP contribution in [0, 0.1) is 5.92 Å². The molecule has 1 atom stereocenters. The van der Waals surface area contributed by atoms with Gasteiger partial charge in [-0.25, -0.2) is 0 Å². The highest BCUT2D eigenvalue weighted by molar-refractivity contribution is 6.00. The molecule has 0 unspecified atom stereocenters. The number of benzene rings is 1. The largest absolute Gasteiger partial charge is 0.446 e. The summed E-state index contributed by atoms with van der Waals surface area (Å²) in [5.41, 5.74) is -0.232. The molecule has 0 saturated carbocycles. The lowest BCUT2D eigenvalue weighted by atomic mass is 10.1. The number of aromatic nitrogens is 2. The number of aryl methyl sites for hydroxylation is 1. The monoisotopic (exact) mass is 358 g/mol. The highest BCUT2D eigenvalue weighted by Gasteiger charge is 2.32. The molecule has 4 rings (SSSR count). The van der Waals surface area contributed by atoms with Crippen molar-refractivity contribution in [3.8, 4) is 11.5 Å². The van der Waals surface area contributed by atoms with Gasteiger partial charge in [-0.1, -0.05) is 6.07 Å². The molecule has 9 heteroatoms. The molecule has 0 radical (unpaired) electrons. The Labute approximate surface area is 147 Å². The zero-order valence-corrected chi connectivity index (χ0v) is 14.1.